The third-order valence-corrected chi connectivity index (χ3v) is 4.81. The second-order valence-corrected chi connectivity index (χ2v) is 6.30. The number of nitrogens with one attached hydrogen (secondary N) is 1. The van der Waals surface area contributed by atoms with Gasteiger partial charge in [0.05, 0.1) is 5.69 Å². The molecule has 0 radical (unpaired) electrons. The summed E-state index contributed by atoms with van der Waals surface area (Å²) in [5.41, 5.74) is 11.3. The minimum Gasteiger partial charge on any atom is -0.397 e. The van der Waals surface area contributed by atoms with Gasteiger partial charge in [0, 0.05) is 23.1 Å². The molecule has 2 aromatic rings. The monoisotopic (exact) mass is 285 g/mol. The summed E-state index contributed by atoms with van der Waals surface area (Å²) in [5.74, 6) is 0. The Morgan fingerprint density at radius 3 is 2.71 bits per heavy atom. The molecule has 0 amide bonds. The largest absolute Gasteiger partial charge is 0.397 e. The molecule has 3 nitrogen and oxygen atoms in total. The standard InChI is InChI=1S/C18H27N3/c1-3-9-21(10-4-2)14-7-5-13-6-8-17-18(15(13)11-14)16(19)12-20-17/h6,8,12,14,20H,3-5,7,9-11,19H2,1-2H3/t14-/m1/s1. The van der Waals surface area contributed by atoms with E-state index in [9.17, 15) is 0 Å². The molecular weight excluding hydrogens is 258 g/mol. The molecule has 0 saturated carbocycles. The lowest BCUT2D eigenvalue weighted by Gasteiger charge is -2.35. The highest BCUT2D eigenvalue weighted by molar-refractivity contribution is 5.95. The molecule has 0 aliphatic heterocycles. The number of rotatable bonds is 5. The average molecular weight is 285 g/mol. The first kappa shape index (κ1) is 14.5. The summed E-state index contributed by atoms with van der Waals surface area (Å²) >= 11 is 0. The van der Waals surface area contributed by atoms with E-state index in [-0.39, 0.29) is 0 Å². The number of nitrogens with zero attached hydrogens (tertiary/aromatic N) is 1. The fraction of sp³-hybridized carbons (Fsp3) is 0.556. The van der Waals surface area contributed by atoms with Crippen LogP contribution in [0.25, 0.3) is 10.9 Å². The minimum absolute atomic E-state index is 0.678. The first-order chi connectivity index (χ1) is 10.2. The first-order valence-corrected chi connectivity index (χ1v) is 8.36. The molecule has 0 saturated heterocycles. The van der Waals surface area contributed by atoms with Crippen molar-refractivity contribution in [1.29, 1.82) is 0 Å². The molecule has 0 bridgehead atoms. The van der Waals surface area contributed by atoms with Gasteiger partial charge in [-0.15, -0.1) is 0 Å². The van der Waals surface area contributed by atoms with E-state index in [2.05, 4.69) is 35.9 Å². The van der Waals surface area contributed by atoms with E-state index in [0.717, 1.165) is 12.1 Å². The molecule has 1 aliphatic carbocycles. The summed E-state index contributed by atoms with van der Waals surface area (Å²) in [5, 5.41) is 1.27. The van der Waals surface area contributed by atoms with Gasteiger partial charge in [0.2, 0.25) is 0 Å². The van der Waals surface area contributed by atoms with Gasteiger partial charge in [-0.3, -0.25) is 0 Å². The second kappa shape index (κ2) is 6.10. The Morgan fingerprint density at radius 1 is 1.24 bits per heavy atom. The van der Waals surface area contributed by atoms with Crippen LogP contribution in [0.5, 0.6) is 0 Å². The van der Waals surface area contributed by atoms with Crippen LogP contribution in [0.3, 0.4) is 0 Å². The Balaban J connectivity index is 1.93. The first-order valence-electron chi connectivity index (χ1n) is 8.36. The maximum atomic E-state index is 6.19. The SMILES string of the molecule is CCCN(CCC)[C@@H]1CCc2ccc3[nH]cc(N)c3c2C1. The minimum atomic E-state index is 0.678. The number of anilines is 1. The zero-order valence-electron chi connectivity index (χ0n) is 13.3. The lowest BCUT2D eigenvalue weighted by atomic mass is 9.85. The Bertz CT molecular complexity index is 608. The van der Waals surface area contributed by atoms with Crippen molar-refractivity contribution in [2.45, 2.75) is 52.0 Å². The number of H-pyrrole nitrogens is 1. The molecule has 1 aromatic heterocycles. The number of aryl methyl sites for hydroxylation is 1. The van der Waals surface area contributed by atoms with Gasteiger partial charge < -0.3 is 15.6 Å². The van der Waals surface area contributed by atoms with Gasteiger partial charge in [0.1, 0.15) is 0 Å². The molecule has 21 heavy (non-hydrogen) atoms. The summed E-state index contributed by atoms with van der Waals surface area (Å²) < 4.78 is 0. The Kier molecular flexibility index (Phi) is 4.20. The molecular formula is C18H27N3. The predicted octanol–water partition coefficient (Wildman–Crippen LogP) is 3.73. The maximum absolute atomic E-state index is 6.19. The van der Waals surface area contributed by atoms with Crippen molar-refractivity contribution in [3.63, 3.8) is 0 Å². The summed E-state index contributed by atoms with van der Waals surface area (Å²) in [4.78, 5) is 5.98. The molecule has 0 fully saturated rings. The average Bonchev–Trinajstić information content (AvgIpc) is 2.88. The topological polar surface area (TPSA) is 45.0 Å². The van der Waals surface area contributed by atoms with E-state index in [1.807, 2.05) is 6.20 Å². The zero-order chi connectivity index (χ0) is 14.8. The summed E-state index contributed by atoms with van der Waals surface area (Å²) in [6, 6.07) is 5.14. The molecule has 1 aliphatic rings. The van der Waals surface area contributed by atoms with Gasteiger partial charge in [0.25, 0.3) is 0 Å². The van der Waals surface area contributed by atoms with Crippen LogP contribution in [0.2, 0.25) is 0 Å². The van der Waals surface area contributed by atoms with E-state index in [0.29, 0.717) is 6.04 Å². The van der Waals surface area contributed by atoms with Crippen LogP contribution >= 0.6 is 0 Å². The van der Waals surface area contributed by atoms with Gasteiger partial charge in [-0.25, -0.2) is 0 Å². The van der Waals surface area contributed by atoms with Crippen molar-refractivity contribution in [2.75, 3.05) is 18.8 Å². The Morgan fingerprint density at radius 2 is 2.00 bits per heavy atom. The number of hydrogen-bond donors (Lipinski definition) is 2. The van der Waals surface area contributed by atoms with Crippen LogP contribution in [-0.4, -0.2) is 29.0 Å². The highest BCUT2D eigenvalue weighted by atomic mass is 15.1. The quantitative estimate of drug-likeness (QED) is 0.879. The molecule has 3 rings (SSSR count). The number of fused-ring (bicyclic) bond motifs is 3. The molecule has 3 heteroatoms. The highest BCUT2D eigenvalue weighted by Gasteiger charge is 2.25. The fourth-order valence-electron chi connectivity index (χ4n) is 3.86. The molecule has 0 spiro atoms. The van der Waals surface area contributed by atoms with Crippen LogP contribution in [-0.2, 0) is 12.8 Å². The van der Waals surface area contributed by atoms with Crippen molar-refractivity contribution in [2.24, 2.45) is 0 Å². The molecule has 1 aromatic carbocycles. The predicted molar refractivity (Wildman–Crippen MR) is 90.7 cm³/mol. The van der Waals surface area contributed by atoms with E-state index in [4.69, 9.17) is 5.73 Å². The molecule has 0 unspecified atom stereocenters. The van der Waals surface area contributed by atoms with E-state index in [1.165, 1.54) is 60.8 Å². The Hall–Kier alpha value is -1.48. The van der Waals surface area contributed by atoms with Crippen LogP contribution in [0, 0.1) is 0 Å². The lowest BCUT2D eigenvalue weighted by Crippen LogP contribution is -2.40. The van der Waals surface area contributed by atoms with Crippen LogP contribution in [0.15, 0.2) is 18.3 Å². The van der Waals surface area contributed by atoms with Crippen molar-refractivity contribution >= 4 is 16.6 Å². The van der Waals surface area contributed by atoms with Crippen molar-refractivity contribution in [3.05, 3.63) is 29.5 Å². The summed E-state index contributed by atoms with van der Waals surface area (Å²) in [7, 11) is 0. The molecule has 1 atom stereocenters. The maximum Gasteiger partial charge on any atom is 0.0574 e. The Labute approximate surface area is 127 Å². The third kappa shape index (κ3) is 2.67. The lowest BCUT2D eigenvalue weighted by molar-refractivity contribution is 0.180. The van der Waals surface area contributed by atoms with E-state index in [1.54, 1.807) is 0 Å². The third-order valence-electron chi connectivity index (χ3n) is 4.81. The van der Waals surface area contributed by atoms with Gasteiger partial charge in [-0.05, 0) is 62.4 Å². The zero-order valence-corrected chi connectivity index (χ0v) is 13.3. The van der Waals surface area contributed by atoms with Gasteiger partial charge >= 0.3 is 0 Å². The number of nitrogen functional groups attached to an aromatic ring is 1. The normalized spacial score (nSPS) is 18.3. The van der Waals surface area contributed by atoms with Crippen molar-refractivity contribution in [3.8, 4) is 0 Å². The molecule has 1 heterocycles. The number of aromatic amines is 1. The van der Waals surface area contributed by atoms with Gasteiger partial charge in [0.15, 0.2) is 0 Å². The van der Waals surface area contributed by atoms with Crippen molar-refractivity contribution < 1.29 is 0 Å². The fourth-order valence-corrected chi connectivity index (χ4v) is 3.86. The second-order valence-electron chi connectivity index (χ2n) is 6.30. The molecule has 114 valence electrons. The van der Waals surface area contributed by atoms with Crippen LogP contribution < -0.4 is 5.73 Å². The smallest absolute Gasteiger partial charge is 0.0574 e. The van der Waals surface area contributed by atoms with Crippen molar-refractivity contribution in [1.82, 2.24) is 9.88 Å². The number of aromatic nitrogens is 1. The number of nitrogens with two attached hydrogens (primary N) is 1. The van der Waals surface area contributed by atoms with Gasteiger partial charge in [-0.1, -0.05) is 19.9 Å². The van der Waals surface area contributed by atoms with E-state index >= 15 is 0 Å². The van der Waals surface area contributed by atoms with Crippen LogP contribution in [0.4, 0.5) is 5.69 Å². The van der Waals surface area contributed by atoms with Crippen LogP contribution in [0.1, 0.15) is 44.2 Å². The van der Waals surface area contributed by atoms with Gasteiger partial charge in [-0.2, -0.15) is 0 Å². The molecule has 3 N–H and O–H groups in total. The summed E-state index contributed by atoms with van der Waals surface area (Å²) in [6.45, 7) is 6.99. The number of hydrogen-bond acceptors (Lipinski definition) is 2. The van der Waals surface area contributed by atoms with E-state index < -0.39 is 0 Å². The summed E-state index contributed by atoms with van der Waals surface area (Å²) in [6.07, 6.45) is 8.02. The highest BCUT2D eigenvalue weighted by Crippen LogP contribution is 2.33. The number of benzene rings is 1.